The molecule has 0 amide bonds. The Morgan fingerprint density at radius 2 is 1.85 bits per heavy atom. The molecule has 20 heavy (non-hydrogen) atoms. The van der Waals surface area contributed by atoms with E-state index in [1.165, 1.54) is 7.11 Å². The number of methoxy groups -OCH3 is 1. The van der Waals surface area contributed by atoms with Crippen LogP contribution in [0.4, 0.5) is 13.2 Å². The number of ether oxygens (including phenoxy) is 1. The Bertz CT molecular complexity index is 543. The van der Waals surface area contributed by atoms with E-state index in [9.17, 15) is 21.6 Å². The van der Waals surface area contributed by atoms with Crippen molar-refractivity contribution in [3.05, 3.63) is 29.6 Å². The van der Waals surface area contributed by atoms with Crippen molar-refractivity contribution in [2.45, 2.75) is 17.4 Å². The van der Waals surface area contributed by atoms with Crippen LogP contribution in [0.15, 0.2) is 17.0 Å². The van der Waals surface area contributed by atoms with Crippen LogP contribution in [0.3, 0.4) is 0 Å². The second-order valence-electron chi connectivity index (χ2n) is 4.10. The van der Waals surface area contributed by atoms with Gasteiger partial charge in [0.2, 0.25) is 10.0 Å². The number of sulfonamides is 1. The maximum absolute atomic E-state index is 13.4. The van der Waals surface area contributed by atoms with Crippen LogP contribution in [-0.4, -0.2) is 34.7 Å². The lowest BCUT2D eigenvalue weighted by atomic mass is 10.2. The summed E-state index contributed by atoms with van der Waals surface area (Å²) in [5.74, 6) is -4.17. The molecule has 1 aromatic rings. The van der Waals surface area contributed by atoms with Crippen molar-refractivity contribution < 1.29 is 26.3 Å². The molecule has 0 radical (unpaired) electrons. The van der Waals surface area contributed by atoms with Gasteiger partial charge in [0.1, 0.15) is 17.5 Å². The minimum Gasteiger partial charge on any atom is -0.383 e. The van der Waals surface area contributed by atoms with Gasteiger partial charge in [-0.1, -0.05) is 0 Å². The zero-order valence-corrected chi connectivity index (χ0v) is 11.5. The highest BCUT2D eigenvalue weighted by Gasteiger charge is 2.24. The molecule has 0 saturated heterocycles. The van der Waals surface area contributed by atoms with Crippen molar-refractivity contribution in [1.29, 1.82) is 0 Å². The maximum Gasteiger partial charge on any atom is 0.246 e. The number of hydrogen-bond acceptors (Lipinski definition) is 4. The zero-order chi connectivity index (χ0) is 15.3. The summed E-state index contributed by atoms with van der Waals surface area (Å²) in [6, 6.07) is 0.188. The second kappa shape index (κ2) is 7.02. The fourth-order valence-corrected chi connectivity index (χ4v) is 2.70. The van der Waals surface area contributed by atoms with Gasteiger partial charge in [0.15, 0.2) is 4.90 Å². The van der Waals surface area contributed by atoms with Crippen LogP contribution in [-0.2, 0) is 14.8 Å². The number of hydrogen-bond donors (Lipinski definition) is 2. The summed E-state index contributed by atoms with van der Waals surface area (Å²) in [6.07, 6.45) is 0.220. The lowest BCUT2D eigenvalue weighted by molar-refractivity contribution is 0.177. The van der Waals surface area contributed by atoms with Crippen molar-refractivity contribution in [2.24, 2.45) is 5.73 Å². The van der Waals surface area contributed by atoms with E-state index >= 15 is 0 Å². The van der Waals surface area contributed by atoms with Crippen LogP contribution >= 0.6 is 0 Å². The smallest absolute Gasteiger partial charge is 0.246 e. The van der Waals surface area contributed by atoms with Gasteiger partial charge in [-0.15, -0.1) is 0 Å². The third-order valence-corrected chi connectivity index (χ3v) is 3.93. The minimum atomic E-state index is -4.41. The van der Waals surface area contributed by atoms with Gasteiger partial charge in [-0.3, -0.25) is 0 Å². The molecule has 0 aliphatic carbocycles. The Morgan fingerprint density at radius 3 is 2.35 bits per heavy atom. The van der Waals surface area contributed by atoms with E-state index in [0.717, 1.165) is 0 Å². The van der Waals surface area contributed by atoms with Gasteiger partial charge in [-0.2, -0.15) is 0 Å². The largest absolute Gasteiger partial charge is 0.383 e. The number of rotatable bonds is 7. The summed E-state index contributed by atoms with van der Waals surface area (Å²) in [7, 11) is -2.97. The highest BCUT2D eigenvalue weighted by Crippen LogP contribution is 2.19. The third kappa shape index (κ3) is 4.44. The first-order valence-electron chi connectivity index (χ1n) is 5.66. The predicted octanol–water partition coefficient (Wildman–Crippen LogP) is 0.746. The van der Waals surface area contributed by atoms with Crippen LogP contribution in [0.25, 0.3) is 0 Å². The van der Waals surface area contributed by atoms with Crippen LogP contribution in [0.2, 0.25) is 0 Å². The quantitative estimate of drug-likeness (QED) is 0.778. The first kappa shape index (κ1) is 16.9. The SMILES string of the molecule is COCC(N)CCNS(=O)(=O)c1c(F)cc(F)cc1F. The van der Waals surface area contributed by atoms with E-state index in [1.54, 1.807) is 0 Å². The fraction of sp³-hybridized carbons (Fsp3) is 0.455. The summed E-state index contributed by atoms with van der Waals surface area (Å²) in [5, 5.41) is 0. The van der Waals surface area contributed by atoms with Gasteiger partial charge in [0.25, 0.3) is 0 Å². The van der Waals surface area contributed by atoms with E-state index < -0.39 is 38.4 Å². The topological polar surface area (TPSA) is 81.4 Å². The molecule has 3 N–H and O–H groups in total. The Labute approximate surface area is 115 Å². The van der Waals surface area contributed by atoms with Crippen LogP contribution in [0.1, 0.15) is 6.42 Å². The number of nitrogens with two attached hydrogens (primary N) is 1. The minimum absolute atomic E-state index is 0.122. The fourth-order valence-electron chi connectivity index (χ4n) is 1.53. The third-order valence-electron chi connectivity index (χ3n) is 2.42. The molecule has 1 atom stereocenters. The molecule has 1 aromatic carbocycles. The Kier molecular flexibility index (Phi) is 5.93. The molecular formula is C11H15F3N2O3S. The monoisotopic (exact) mass is 312 g/mol. The normalized spacial score (nSPS) is 13.4. The van der Waals surface area contributed by atoms with Crippen LogP contribution in [0.5, 0.6) is 0 Å². The molecule has 1 rings (SSSR count). The molecule has 0 aliphatic heterocycles. The molecule has 0 heterocycles. The van der Waals surface area contributed by atoms with E-state index in [0.29, 0.717) is 12.1 Å². The molecule has 114 valence electrons. The summed E-state index contributed by atoms with van der Waals surface area (Å²) < 4.78 is 69.7. The van der Waals surface area contributed by atoms with Crippen molar-refractivity contribution >= 4 is 10.0 Å². The van der Waals surface area contributed by atoms with Crippen molar-refractivity contribution in [3.63, 3.8) is 0 Å². The van der Waals surface area contributed by atoms with Crippen molar-refractivity contribution in [2.75, 3.05) is 20.3 Å². The molecule has 9 heteroatoms. The van der Waals surface area contributed by atoms with Crippen molar-refractivity contribution in [3.8, 4) is 0 Å². The van der Waals surface area contributed by atoms with E-state index in [1.807, 2.05) is 4.72 Å². The van der Waals surface area contributed by atoms with Gasteiger partial charge in [0, 0.05) is 31.8 Å². The zero-order valence-electron chi connectivity index (χ0n) is 10.7. The molecule has 0 spiro atoms. The summed E-state index contributed by atoms with van der Waals surface area (Å²) in [4.78, 5) is -1.21. The molecular weight excluding hydrogens is 297 g/mol. The highest BCUT2D eigenvalue weighted by molar-refractivity contribution is 7.89. The number of halogens is 3. The predicted molar refractivity (Wildman–Crippen MR) is 66.0 cm³/mol. The van der Waals surface area contributed by atoms with E-state index in [4.69, 9.17) is 10.5 Å². The highest BCUT2D eigenvalue weighted by atomic mass is 32.2. The summed E-state index contributed by atoms with van der Waals surface area (Å²) >= 11 is 0. The van der Waals surface area contributed by atoms with E-state index in [2.05, 4.69) is 0 Å². The van der Waals surface area contributed by atoms with Gasteiger partial charge in [-0.05, 0) is 6.42 Å². The second-order valence-corrected chi connectivity index (χ2v) is 5.80. The number of nitrogens with one attached hydrogen (secondary N) is 1. The first-order chi connectivity index (χ1) is 9.27. The van der Waals surface area contributed by atoms with E-state index in [-0.39, 0.29) is 19.6 Å². The van der Waals surface area contributed by atoms with Gasteiger partial charge in [0.05, 0.1) is 6.61 Å². The maximum atomic E-state index is 13.4. The van der Waals surface area contributed by atoms with Gasteiger partial charge >= 0.3 is 0 Å². The summed E-state index contributed by atoms with van der Waals surface area (Å²) in [5.41, 5.74) is 5.57. The molecule has 5 nitrogen and oxygen atoms in total. The molecule has 0 fully saturated rings. The first-order valence-corrected chi connectivity index (χ1v) is 7.15. The lowest BCUT2D eigenvalue weighted by Crippen LogP contribution is -2.33. The average molecular weight is 312 g/mol. The molecule has 0 saturated carbocycles. The molecule has 0 bridgehead atoms. The summed E-state index contributed by atoms with van der Waals surface area (Å²) in [6.45, 7) is 0.101. The van der Waals surface area contributed by atoms with Crippen LogP contribution in [0, 0.1) is 17.5 Å². The van der Waals surface area contributed by atoms with Crippen LogP contribution < -0.4 is 10.5 Å². The molecule has 0 aromatic heterocycles. The molecule has 0 aliphatic rings. The van der Waals surface area contributed by atoms with Gasteiger partial charge < -0.3 is 10.5 Å². The Morgan fingerprint density at radius 1 is 1.30 bits per heavy atom. The molecule has 1 unspecified atom stereocenters. The van der Waals surface area contributed by atoms with Crippen molar-refractivity contribution in [1.82, 2.24) is 4.72 Å². The standard InChI is InChI=1S/C11H15F3N2O3S/c1-19-6-8(15)2-3-16-20(17,18)11-9(13)4-7(12)5-10(11)14/h4-5,8,16H,2-3,6,15H2,1H3. The average Bonchev–Trinajstić information content (AvgIpc) is 2.26. The lowest BCUT2D eigenvalue weighted by Gasteiger charge is -2.12. The Hall–Kier alpha value is -1.16. The Balaban J connectivity index is 2.80. The van der Waals surface area contributed by atoms with Gasteiger partial charge in [-0.25, -0.2) is 26.3 Å². The number of benzene rings is 1.